The number of nitrogens with zero attached hydrogens (tertiary/aromatic N) is 1. The molecule has 0 saturated carbocycles. The van der Waals surface area contributed by atoms with E-state index in [1.807, 2.05) is 12.1 Å². The monoisotopic (exact) mass is 309 g/mol. The second kappa shape index (κ2) is 4.57. The molecule has 5 heteroatoms. The Balaban J connectivity index is 2.53. The molecule has 1 aromatic heterocycles. The Kier molecular flexibility index (Phi) is 3.26. The normalized spacial score (nSPS) is 11.5. The second-order valence-electron chi connectivity index (χ2n) is 4.38. The highest BCUT2D eigenvalue weighted by atomic mass is 79.9. The van der Waals surface area contributed by atoms with Gasteiger partial charge in [-0.1, -0.05) is 15.9 Å². The maximum Gasteiger partial charge on any atom is 0.347 e. The number of benzene rings is 1. The third-order valence-corrected chi connectivity index (χ3v) is 3.30. The highest BCUT2D eigenvalue weighted by molar-refractivity contribution is 9.10. The number of aromatic nitrogens is 1. The quantitative estimate of drug-likeness (QED) is 0.945. The minimum atomic E-state index is -1.28. The molecule has 0 amide bonds. The number of ether oxygens (including phenoxy) is 1. The van der Waals surface area contributed by atoms with Crippen LogP contribution in [0.25, 0.3) is 10.8 Å². The number of carboxylic acid groups (broad SMARTS) is 1. The van der Waals surface area contributed by atoms with Gasteiger partial charge in [-0.05, 0) is 32.0 Å². The van der Waals surface area contributed by atoms with Crippen LogP contribution < -0.4 is 4.74 Å². The van der Waals surface area contributed by atoms with E-state index in [9.17, 15) is 4.79 Å². The lowest BCUT2D eigenvalue weighted by Gasteiger charge is -2.22. The summed E-state index contributed by atoms with van der Waals surface area (Å²) in [5, 5.41) is 10.8. The standard InChI is InChI=1S/C13H12BrNO3/c1-13(2,12(16)17)18-11-4-3-10(14)8-5-6-15-7-9(8)11/h3-7H,1-2H3,(H,16,17). The second-order valence-corrected chi connectivity index (χ2v) is 5.24. The summed E-state index contributed by atoms with van der Waals surface area (Å²) in [6.45, 7) is 3.03. The minimum absolute atomic E-state index is 0.508. The third-order valence-electron chi connectivity index (χ3n) is 2.61. The molecule has 0 spiro atoms. The Labute approximate surface area is 113 Å². The van der Waals surface area contributed by atoms with Gasteiger partial charge in [0.1, 0.15) is 5.75 Å². The van der Waals surface area contributed by atoms with E-state index >= 15 is 0 Å². The summed E-state index contributed by atoms with van der Waals surface area (Å²) in [4.78, 5) is 15.1. The smallest absolute Gasteiger partial charge is 0.347 e. The highest BCUT2D eigenvalue weighted by Gasteiger charge is 2.30. The fourth-order valence-corrected chi connectivity index (χ4v) is 2.01. The number of carboxylic acids is 1. The van der Waals surface area contributed by atoms with Crippen LogP contribution >= 0.6 is 15.9 Å². The molecule has 0 bridgehead atoms. The molecule has 1 aromatic carbocycles. The zero-order valence-electron chi connectivity index (χ0n) is 9.98. The summed E-state index contributed by atoms with van der Waals surface area (Å²) in [6.07, 6.45) is 3.34. The van der Waals surface area contributed by atoms with Gasteiger partial charge in [-0.2, -0.15) is 0 Å². The maximum absolute atomic E-state index is 11.1. The number of fused-ring (bicyclic) bond motifs is 1. The molecule has 0 aliphatic carbocycles. The molecule has 1 heterocycles. The van der Waals surface area contributed by atoms with E-state index in [2.05, 4.69) is 20.9 Å². The molecular weight excluding hydrogens is 298 g/mol. The number of aliphatic carboxylic acids is 1. The summed E-state index contributed by atoms with van der Waals surface area (Å²) in [5.74, 6) is -0.504. The summed E-state index contributed by atoms with van der Waals surface area (Å²) in [6, 6.07) is 5.41. The zero-order valence-corrected chi connectivity index (χ0v) is 11.6. The number of rotatable bonds is 3. The van der Waals surface area contributed by atoms with Crippen molar-refractivity contribution in [3.8, 4) is 5.75 Å². The third kappa shape index (κ3) is 2.31. The molecule has 0 aliphatic heterocycles. The topological polar surface area (TPSA) is 59.4 Å². The van der Waals surface area contributed by atoms with Gasteiger partial charge < -0.3 is 9.84 Å². The van der Waals surface area contributed by atoms with Crippen molar-refractivity contribution in [2.75, 3.05) is 0 Å². The molecular formula is C13H12BrNO3. The Bertz CT molecular complexity index is 610. The van der Waals surface area contributed by atoms with E-state index in [1.54, 1.807) is 18.5 Å². The Morgan fingerprint density at radius 3 is 2.72 bits per heavy atom. The molecule has 0 fully saturated rings. The predicted octanol–water partition coefficient (Wildman–Crippen LogP) is 3.24. The first-order valence-corrected chi connectivity index (χ1v) is 6.16. The SMILES string of the molecule is CC(C)(Oc1ccc(Br)c2ccncc12)C(=O)O. The maximum atomic E-state index is 11.1. The van der Waals surface area contributed by atoms with E-state index in [0.29, 0.717) is 5.75 Å². The van der Waals surface area contributed by atoms with Gasteiger partial charge in [0.2, 0.25) is 0 Å². The van der Waals surface area contributed by atoms with Crippen LogP contribution in [0.4, 0.5) is 0 Å². The van der Waals surface area contributed by atoms with Crippen LogP contribution in [0.5, 0.6) is 5.75 Å². The number of pyridine rings is 1. The van der Waals surface area contributed by atoms with Crippen LogP contribution in [0.1, 0.15) is 13.8 Å². The molecule has 0 aliphatic rings. The summed E-state index contributed by atoms with van der Waals surface area (Å²) < 4.78 is 6.49. The lowest BCUT2D eigenvalue weighted by atomic mass is 10.1. The van der Waals surface area contributed by atoms with Gasteiger partial charge in [-0.3, -0.25) is 4.98 Å². The van der Waals surface area contributed by atoms with Gasteiger partial charge in [0.05, 0.1) is 0 Å². The summed E-state index contributed by atoms with van der Waals surface area (Å²) in [7, 11) is 0. The average molecular weight is 310 g/mol. The fraction of sp³-hybridized carbons (Fsp3) is 0.231. The Morgan fingerprint density at radius 2 is 2.06 bits per heavy atom. The van der Waals surface area contributed by atoms with Crippen molar-refractivity contribution in [2.24, 2.45) is 0 Å². The largest absolute Gasteiger partial charge is 0.478 e. The molecule has 0 saturated heterocycles. The molecule has 2 aromatic rings. The fourth-order valence-electron chi connectivity index (χ4n) is 1.54. The van der Waals surface area contributed by atoms with Crippen LogP contribution in [0.2, 0.25) is 0 Å². The van der Waals surface area contributed by atoms with Crippen molar-refractivity contribution >= 4 is 32.7 Å². The Hall–Kier alpha value is -1.62. The molecule has 18 heavy (non-hydrogen) atoms. The van der Waals surface area contributed by atoms with Crippen LogP contribution in [-0.4, -0.2) is 21.7 Å². The summed E-state index contributed by atoms with van der Waals surface area (Å²) in [5.41, 5.74) is -1.28. The van der Waals surface area contributed by atoms with Crippen LogP contribution in [-0.2, 0) is 4.79 Å². The number of carbonyl (C=O) groups is 1. The van der Waals surface area contributed by atoms with Gasteiger partial charge in [-0.15, -0.1) is 0 Å². The molecule has 94 valence electrons. The predicted molar refractivity (Wildman–Crippen MR) is 71.8 cm³/mol. The Morgan fingerprint density at radius 1 is 1.33 bits per heavy atom. The van der Waals surface area contributed by atoms with E-state index in [1.165, 1.54) is 13.8 Å². The van der Waals surface area contributed by atoms with Crippen LogP contribution in [0.15, 0.2) is 35.1 Å². The van der Waals surface area contributed by atoms with Crippen molar-refractivity contribution < 1.29 is 14.6 Å². The van der Waals surface area contributed by atoms with E-state index in [-0.39, 0.29) is 0 Å². The average Bonchev–Trinajstić information content (AvgIpc) is 2.33. The minimum Gasteiger partial charge on any atom is -0.478 e. The lowest BCUT2D eigenvalue weighted by Crippen LogP contribution is -2.37. The van der Waals surface area contributed by atoms with Crippen molar-refractivity contribution in [1.82, 2.24) is 4.98 Å². The van der Waals surface area contributed by atoms with Gasteiger partial charge in [0, 0.05) is 27.6 Å². The van der Waals surface area contributed by atoms with Crippen molar-refractivity contribution in [2.45, 2.75) is 19.4 Å². The van der Waals surface area contributed by atoms with Crippen molar-refractivity contribution in [1.29, 1.82) is 0 Å². The van der Waals surface area contributed by atoms with Gasteiger partial charge in [0.15, 0.2) is 5.60 Å². The molecule has 0 unspecified atom stereocenters. The first kappa shape index (κ1) is 12.8. The van der Waals surface area contributed by atoms with E-state index in [4.69, 9.17) is 9.84 Å². The molecule has 0 radical (unpaired) electrons. The number of hydrogen-bond acceptors (Lipinski definition) is 3. The van der Waals surface area contributed by atoms with Crippen molar-refractivity contribution in [3.63, 3.8) is 0 Å². The molecule has 4 nitrogen and oxygen atoms in total. The lowest BCUT2D eigenvalue weighted by molar-refractivity contribution is -0.152. The zero-order chi connectivity index (χ0) is 13.3. The molecule has 2 rings (SSSR count). The number of hydrogen-bond donors (Lipinski definition) is 1. The van der Waals surface area contributed by atoms with Gasteiger partial charge >= 0.3 is 5.97 Å². The first-order valence-electron chi connectivity index (χ1n) is 5.36. The molecule has 1 N–H and O–H groups in total. The van der Waals surface area contributed by atoms with E-state index < -0.39 is 11.6 Å². The van der Waals surface area contributed by atoms with Crippen molar-refractivity contribution in [3.05, 3.63) is 35.1 Å². The van der Waals surface area contributed by atoms with Crippen LogP contribution in [0, 0.1) is 0 Å². The van der Waals surface area contributed by atoms with Crippen LogP contribution in [0.3, 0.4) is 0 Å². The first-order chi connectivity index (χ1) is 8.42. The summed E-state index contributed by atoms with van der Waals surface area (Å²) >= 11 is 3.44. The van der Waals surface area contributed by atoms with Gasteiger partial charge in [0.25, 0.3) is 0 Å². The highest BCUT2D eigenvalue weighted by Crippen LogP contribution is 2.32. The van der Waals surface area contributed by atoms with E-state index in [0.717, 1.165) is 15.2 Å². The van der Waals surface area contributed by atoms with Gasteiger partial charge in [-0.25, -0.2) is 4.79 Å². The number of halogens is 1. The molecule has 0 atom stereocenters.